The van der Waals surface area contributed by atoms with E-state index in [9.17, 15) is 4.79 Å². The van der Waals surface area contributed by atoms with Gasteiger partial charge in [-0.25, -0.2) is 4.68 Å². The van der Waals surface area contributed by atoms with Crippen molar-refractivity contribution in [1.29, 1.82) is 0 Å². The highest BCUT2D eigenvalue weighted by Gasteiger charge is 2.30. The number of carbonyl (C=O) groups is 1. The summed E-state index contributed by atoms with van der Waals surface area (Å²) >= 11 is 1.45. The van der Waals surface area contributed by atoms with Crippen LogP contribution in [0.4, 0.5) is 5.69 Å². The molecule has 0 saturated heterocycles. The summed E-state index contributed by atoms with van der Waals surface area (Å²) in [6.07, 6.45) is 8.12. The van der Waals surface area contributed by atoms with Gasteiger partial charge in [-0.3, -0.25) is 4.79 Å². The van der Waals surface area contributed by atoms with E-state index in [1.807, 2.05) is 39.9 Å². The van der Waals surface area contributed by atoms with Crippen LogP contribution in [-0.4, -0.2) is 37.9 Å². The number of amides is 1. The third-order valence-electron chi connectivity index (χ3n) is 4.92. The third-order valence-corrected chi connectivity index (χ3v) is 5.84. The molecule has 1 amide bonds. The summed E-state index contributed by atoms with van der Waals surface area (Å²) in [5.41, 5.74) is 1.00. The minimum Gasteiger partial charge on any atom is -0.309 e. The molecule has 2 saturated carbocycles. The summed E-state index contributed by atoms with van der Waals surface area (Å²) < 4.78 is 1.87. The molecule has 0 atom stereocenters. The minimum absolute atomic E-state index is 0.147. The van der Waals surface area contributed by atoms with Gasteiger partial charge < -0.3 is 4.90 Å². The number of carbonyl (C=O) groups excluding carboxylic acids is 1. The Labute approximate surface area is 152 Å². The highest BCUT2D eigenvalue weighted by Crippen LogP contribution is 2.36. The molecule has 2 aliphatic rings. The van der Waals surface area contributed by atoms with Crippen LogP contribution in [0.25, 0.3) is 0 Å². The van der Waals surface area contributed by atoms with Crippen molar-refractivity contribution < 1.29 is 4.79 Å². The molecule has 2 aromatic rings. The quantitative estimate of drug-likeness (QED) is 0.741. The van der Waals surface area contributed by atoms with Gasteiger partial charge in [0.25, 0.3) is 0 Å². The van der Waals surface area contributed by atoms with Crippen LogP contribution in [0.3, 0.4) is 0 Å². The standard InChI is InChI=1S/C18H23N5OS/c24-17(13-25-18-19-20-21-23(18)16-11-12-16)22(14-7-3-1-4-8-14)15-9-5-2-6-10-15/h1,3-4,7-8,15-16H,2,5-6,9-13H2. The van der Waals surface area contributed by atoms with Gasteiger partial charge in [-0.15, -0.1) is 5.10 Å². The van der Waals surface area contributed by atoms with Gasteiger partial charge in [-0.05, 0) is 48.2 Å². The Morgan fingerprint density at radius 2 is 1.88 bits per heavy atom. The van der Waals surface area contributed by atoms with Crippen LogP contribution >= 0.6 is 11.8 Å². The molecule has 1 aromatic carbocycles. The second-order valence-electron chi connectivity index (χ2n) is 6.82. The predicted molar refractivity (Wildman–Crippen MR) is 97.6 cm³/mol. The van der Waals surface area contributed by atoms with Crippen molar-refractivity contribution in [3.63, 3.8) is 0 Å². The van der Waals surface area contributed by atoms with Crippen LogP contribution in [-0.2, 0) is 4.79 Å². The number of rotatable bonds is 6. The van der Waals surface area contributed by atoms with Gasteiger partial charge in [0, 0.05) is 11.7 Å². The lowest BCUT2D eigenvalue weighted by Gasteiger charge is -2.34. The lowest BCUT2D eigenvalue weighted by atomic mass is 9.93. The molecule has 132 valence electrons. The summed E-state index contributed by atoms with van der Waals surface area (Å²) in [6.45, 7) is 0. The zero-order valence-electron chi connectivity index (χ0n) is 14.3. The topological polar surface area (TPSA) is 63.9 Å². The molecule has 0 unspecified atom stereocenters. The van der Waals surface area contributed by atoms with E-state index < -0.39 is 0 Å². The molecule has 0 aliphatic heterocycles. The number of benzene rings is 1. The monoisotopic (exact) mass is 357 g/mol. The van der Waals surface area contributed by atoms with Crippen LogP contribution in [0.15, 0.2) is 35.5 Å². The van der Waals surface area contributed by atoms with E-state index in [-0.39, 0.29) is 5.91 Å². The molecule has 0 spiro atoms. The smallest absolute Gasteiger partial charge is 0.237 e. The van der Waals surface area contributed by atoms with Crippen LogP contribution in [0.1, 0.15) is 51.0 Å². The summed E-state index contributed by atoms with van der Waals surface area (Å²) in [6, 6.07) is 10.8. The first kappa shape index (κ1) is 16.6. The Hall–Kier alpha value is -1.89. The lowest BCUT2D eigenvalue weighted by molar-refractivity contribution is -0.116. The highest BCUT2D eigenvalue weighted by molar-refractivity contribution is 7.99. The van der Waals surface area contributed by atoms with E-state index >= 15 is 0 Å². The maximum Gasteiger partial charge on any atom is 0.237 e. The van der Waals surface area contributed by atoms with Crippen molar-refractivity contribution in [1.82, 2.24) is 20.2 Å². The largest absolute Gasteiger partial charge is 0.309 e. The summed E-state index contributed by atoms with van der Waals surface area (Å²) in [7, 11) is 0. The van der Waals surface area contributed by atoms with Crippen LogP contribution < -0.4 is 4.90 Å². The molecule has 0 bridgehead atoms. The van der Waals surface area contributed by atoms with Crippen LogP contribution in [0.5, 0.6) is 0 Å². The highest BCUT2D eigenvalue weighted by atomic mass is 32.2. The molecular formula is C18H23N5OS. The molecule has 4 rings (SSSR count). The van der Waals surface area contributed by atoms with Gasteiger partial charge in [0.2, 0.25) is 11.1 Å². The van der Waals surface area contributed by atoms with Crippen molar-refractivity contribution in [2.45, 2.75) is 62.2 Å². The summed E-state index contributed by atoms with van der Waals surface area (Å²) in [5.74, 6) is 0.520. The Kier molecular flexibility index (Phi) is 5.01. The van der Waals surface area contributed by atoms with Crippen LogP contribution in [0.2, 0.25) is 0 Å². The molecule has 0 N–H and O–H groups in total. The molecule has 6 nitrogen and oxygen atoms in total. The van der Waals surface area contributed by atoms with Gasteiger partial charge in [0.15, 0.2) is 0 Å². The molecule has 7 heteroatoms. The number of nitrogens with zero attached hydrogens (tertiary/aromatic N) is 5. The fourth-order valence-electron chi connectivity index (χ4n) is 3.51. The van der Waals surface area contributed by atoms with Gasteiger partial charge in [0.1, 0.15) is 0 Å². The summed E-state index contributed by atoms with van der Waals surface area (Å²) in [4.78, 5) is 15.1. The number of thioether (sulfide) groups is 1. The summed E-state index contributed by atoms with van der Waals surface area (Å²) in [5, 5.41) is 12.7. The fraction of sp³-hybridized carbons (Fsp3) is 0.556. The zero-order chi connectivity index (χ0) is 17.1. The fourth-order valence-corrected chi connectivity index (χ4v) is 4.31. The molecule has 25 heavy (non-hydrogen) atoms. The SMILES string of the molecule is O=C(CSc1nnnn1C1CC1)N(c1ccccc1)C1CCCCC1. The zero-order valence-corrected chi connectivity index (χ0v) is 15.1. The third kappa shape index (κ3) is 3.86. The Morgan fingerprint density at radius 1 is 1.12 bits per heavy atom. The van der Waals surface area contributed by atoms with E-state index in [1.165, 1.54) is 31.0 Å². The Morgan fingerprint density at radius 3 is 2.60 bits per heavy atom. The maximum absolute atomic E-state index is 13.1. The van der Waals surface area contributed by atoms with E-state index in [2.05, 4.69) is 15.5 Å². The predicted octanol–water partition coefficient (Wildman–Crippen LogP) is 3.47. The van der Waals surface area contributed by atoms with Crippen LogP contribution in [0, 0.1) is 0 Å². The maximum atomic E-state index is 13.1. The number of para-hydroxylation sites is 1. The van der Waals surface area contributed by atoms with Crippen molar-refractivity contribution in [3.8, 4) is 0 Å². The normalized spacial score (nSPS) is 18.2. The molecule has 2 aliphatic carbocycles. The first-order chi connectivity index (χ1) is 12.3. The van der Waals surface area contributed by atoms with Gasteiger partial charge >= 0.3 is 0 Å². The Bertz CT molecular complexity index is 709. The van der Waals surface area contributed by atoms with E-state index in [4.69, 9.17) is 0 Å². The lowest BCUT2D eigenvalue weighted by Crippen LogP contribution is -2.42. The van der Waals surface area contributed by atoms with Crippen molar-refractivity contribution in [2.24, 2.45) is 0 Å². The van der Waals surface area contributed by atoms with Crippen molar-refractivity contribution in [3.05, 3.63) is 30.3 Å². The van der Waals surface area contributed by atoms with E-state index in [0.29, 0.717) is 17.8 Å². The minimum atomic E-state index is 0.147. The van der Waals surface area contributed by atoms with E-state index in [1.54, 1.807) is 0 Å². The Balaban J connectivity index is 1.48. The number of anilines is 1. The molecule has 1 heterocycles. The number of hydrogen-bond donors (Lipinski definition) is 0. The second-order valence-corrected chi connectivity index (χ2v) is 7.76. The van der Waals surface area contributed by atoms with Gasteiger partial charge in [-0.2, -0.15) is 0 Å². The van der Waals surface area contributed by atoms with Gasteiger partial charge in [-0.1, -0.05) is 49.2 Å². The number of tetrazole rings is 1. The average molecular weight is 357 g/mol. The second kappa shape index (κ2) is 7.56. The first-order valence-electron chi connectivity index (χ1n) is 9.10. The van der Waals surface area contributed by atoms with E-state index in [0.717, 1.165) is 36.5 Å². The molecular weight excluding hydrogens is 334 g/mol. The van der Waals surface area contributed by atoms with Crippen molar-refractivity contribution >= 4 is 23.4 Å². The molecule has 0 radical (unpaired) electrons. The number of hydrogen-bond acceptors (Lipinski definition) is 5. The van der Waals surface area contributed by atoms with Crippen molar-refractivity contribution in [2.75, 3.05) is 10.7 Å². The molecule has 2 fully saturated rings. The van der Waals surface area contributed by atoms with Gasteiger partial charge in [0.05, 0.1) is 11.8 Å². The first-order valence-corrected chi connectivity index (χ1v) is 10.1. The molecule has 1 aromatic heterocycles. The number of aromatic nitrogens is 4. The average Bonchev–Trinajstić information content (AvgIpc) is 3.40.